The summed E-state index contributed by atoms with van der Waals surface area (Å²) in [7, 11) is 0. The molecular weight excluding hydrogens is 290 g/mol. The molecule has 2 unspecified atom stereocenters. The van der Waals surface area contributed by atoms with Gasteiger partial charge < -0.3 is 5.73 Å². The molecule has 0 aromatic heterocycles. The van der Waals surface area contributed by atoms with E-state index in [1.165, 1.54) is 0 Å². The van der Waals surface area contributed by atoms with Gasteiger partial charge in [-0.2, -0.15) is 0 Å². The molecule has 2 atom stereocenters. The molecule has 0 saturated carbocycles. The van der Waals surface area contributed by atoms with Gasteiger partial charge in [0.15, 0.2) is 0 Å². The number of rotatable bonds is 4. The Morgan fingerprint density at radius 3 is 2.38 bits per heavy atom. The van der Waals surface area contributed by atoms with Gasteiger partial charge in [-0.05, 0) is 45.7 Å². The molecule has 118 valence electrons. The van der Waals surface area contributed by atoms with E-state index in [0.717, 1.165) is 31.5 Å². The molecule has 0 radical (unpaired) electrons. The number of benzene rings is 1. The van der Waals surface area contributed by atoms with Gasteiger partial charge in [-0.15, -0.1) is 12.4 Å². The van der Waals surface area contributed by atoms with Crippen LogP contribution < -0.4 is 5.73 Å². The summed E-state index contributed by atoms with van der Waals surface area (Å²) in [5.41, 5.74) is 6.98. The molecule has 1 aliphatic rings. The SMILES string of the molecule is CC(N)C1CCN(C(C)c2ccccc2[N+](=O)[O-])CC1.Cl. The van der Waals surface area contributed by atoms with E-state index in [2.05, 4.69) is 18.7 Å². The van der Waals surface area contributed by atoms with Crippen molar-refractivity contribution in [3.8, 4) is 0 Å². The third-order valence-electron chi connectivity index (χ3n) is 4.45. The van der Waals surface area contributed by atoms with E-state index in [1.54, 1.807) is 12.1 Å². The Morgan fingerprint density at radius 2 is 1.86 bits per heavy atom. The monoisotopic (exact) mass is 313 g/mol. The van der Waals surface area contributed by atoms with Crippen molar-refractivity contribution in [1.29, 1.82) is 0 Å². The Hall–Kier alpha value is -1.17. The topological polar surface area (TPSA) is 72.4 Å². The van der Waals surface area contributed by atoms with Gasteiger partial charge in [0.05, 0.1) is 4.92 Å². The molecule has 6 heteroatoms. The predicted octanol–water partition coefficient (Wildman–Crippen LogP) is 3.14. The quantitative estimate of drug-likeness (QED) is 0.684. The van der Waals surface area contributed by atoms with Crippen molar-refractivity contribution in [2.75, 3.05) is 13.1 Å². The molecule has 2 rings (SSSR count). The Morgan fingerprint density at radius 1 is 1.29 bits per heavy atom. The fourth-order valence-electron chi connectivity index (χ4n) is 3.04. The molecule has 0 amide bonds. The van der Waals surface area contributed by atoms with E-state index in [1.807, 2.05) is 12.1 Å². The first-order valence-corrected chi connectivity index (χ1v) is 7.23. The van der Waals surface area contributed by atoms with Crippen molar-refractivity contribution >= 4 is 18.1 Å². The van der Waals surface area contributed by atoms with Gasteiger partial charge in [0.1, 0.15) is 0 Å². The fourth-order valence-corrected chi connectivity index (χ4v) is 3.04. The first-order valence-electron chi connectivity index (χ1n) is 7.23. The number of halogens is 1. The summed E-state index contributed by atoms with van der Waals surface area (Å²) in [6, 6.07) is 7.34. The van der Waals surface area contributed by atoms with Gasteiger partial charge in [0.2, 0.25) is 0 Å². The number of para-hydroxylation sites is 1. The van der Waals surface area contributed by atoms with Crippen LogP contribution in [0.15, 0.2) is 24.3 Å². The molecule has 0 aliphatic carbocycles. The lowest BCUT2D eigenvalue weighted by Crippen LogP contribution is -2.40. The van der Waals surface area contributed by atoms with Crippen LogP contribution in [0.25, 0.3) is 0 Å². The Balaban J connectivity index is 0.00000220. The highest BCUT2D eigenvalue weighted by Gasteiger charge is 2.28. The summed E-state index contributed by atoms with van der Waals surface area (Å²) in [4.78, 5) is 13.2. The third kappa shape index (κ3) is 4.15. The van der Waals surface area contributed by atoms with Crippen LogP contribution >= 0.6 is 12.4 Å². The van der Waals surface area contributed by atoms with Crippen molar-refractivity contribution in [3.63, 3.8) is 0 Å². The van der Waals surface area contributed by atoms with Gasteiger partial charge in [0.25, 0.3) is 5.69 Å². The Kier molecular flexibility index (Phi) is 6.58. The van der Waals surface area contributed by atoms with E-state index >= 15 is 0 Å². The zero-order valence-electron chi connectivity index (χ0n) is 12.6. The maximum absolute atomic E-state index is 11.1. The molecule has 1 saturated heterocycles. The second-order valence-corrected chi connectivity index (χ2v) is 5.72. The van der Waals surface area contributed by atoms with Crippen LogP contribution in [0.4, 0.5) is 5.69 Å². The summed E-state index contributed by atoms with van der Waals surface area (Å²) in [6.45, 7) is 6.03. The summed E-state index contributed by atoms with van der Waals surface area (Å²) >= 11 is 0. The molecule has 1 fully saturated rings. The molecule has 5 nitrogen and oxygen atoms in total. The maximum Gasteiger partial charge on any atom is 0.274 e. The molecule has 1 aromatic rings. The van der Waals surface area contributed by atoms with Crippen LogP contribution in [-0.2, 0) is 0 Å². The second kappa shape index (κ2) is 7.73. The minimum Gasteiger partial charge on any atom is -0.328 e. The van der Waals surface area contributed by atoms with Crippen LogP contribution in [0.5, 0.6) is 0 Å². The predicted molar refractivity (Wildman–Crippen MR) is 86.7 cm³/mol. The largest absolute Gasteiger partial charge is 0.328 e. The molecule has 1 aliphatic heterocycles. The Bertz CT molecular complexity index is 474. The molecule has 0 bridgehead atoms. The van der Waals surface area contributed by atoms with Gasteiger partial charge in [-0.25, -0.2) is 0 Å². The lowest BCUT2D eigenvalue weighted by molar-refractivity contribution is -0.386. The van der Waals surface area contributed by atoms with Crippen LogP contribution in [0, 0.1) is 16.0 Å². The summed E-state index contributed by atoms with van der Waals surface area (Å²) < 4.78 is 0. The summed E-state index contributed by atoms with van der Waals surface area (Å²) in [5, 5.41) is 11.1. The second-order valence-electron chi connectivity index (χ2n) is 5.72. The number of piperidine rings is 1. The number of likely N-dealkylation sites (tertiary alicyclic amines) is 1. The molecular formula is C15H24ClN3O2. The number of nitro groups is 1. The Labute approximate surface area is 132 Å². The van der Waals surface area contributed by atoms with Crippen LogP contribution in [0.1, 0.15) is 38.3 Å². The molecule has 1 heterocycles. The average Bonchev–Trinajstić information content (AvgIpc) is 2.46. The lowest BCUT2D eigenvalue weighted by atomic mass is 9.89. The highest BCUT2D eigenvalue weighted by molar-refractivity contribution is 5.85. The third-order valence-corrected chi connectivity index (χ3v) is 4.45. The zero-order valence-corrected chi connectivity index (χ0v) is 13.4. The van der Waals surface area contributed by atoms with Gasteiger partial charge in [-0.3, -0.25) is 15.0 Å². The van der Waals surface area contributed by atoms with Gasteiger partial charge >= 0.3 is 0 Å². The lowest BCUT2D eigenvalue weighted by Gasteiger charge is -2.37. The minimum atomic E-state index is -0.291. The molecule has 2 N–H and O–H groups in total. The zero-order chi connectivity index (χ0) is 14.7. The highest BCUT2D eigenvalue weighted by atomic mass is 35.5. The standard InChI is InChI=1S/C15H23N3O2.ClH/c1-11(16)13-7-9-17(10-8-13)12(2)14-5-3-4-6-15(14)18(19)20;/h3-6,11-13H,7-10,16H2,1-2H3;1H. The van der Waals surface area contributed by atoms with Crippen LogP contribution in [0.2, 0.25) is 0 Å². The van der Waals surface area contributed by atoms with Crippen LogP contribution in [-0.4, -0.2) is 29.0 Å². The number of hydrogen-bond donors (Lipinski definition) is 1. The summed E-state index contributed by atoms with van der Waals surface area (Å²) in [6.07, 6.45) is 2.14. The minimum absolute atomic E-state index is 0. The van der Waals surface area contributed by atoms with Crippen molar-refractivity contribution in [2.24, 2.45) is 11.7 Å². The van der Waals surface area contributed by atoms with E-state index in [-0.39, 0.29) is 35.1 Å². The van der Waals surface area contributed by atoms with Gasteiger partial charge in [-0.1, -0.05) is 18.2 Å². The van der Waals surface area contributed by atoms with E-state index in [4.69, 9.17) is 5.73 Å². The number of nitrogens with two attached hydrogens (primary N) is 1. The van der Waals surface area contributed by atoms with E-state index < -0.39 is 0 Å². The summed E-state index contributed by atoms with van der Waals surface area (Å²) in [5.74, 6) is 0.573. The van der Waals surface area contributed by atoms with Crippen LogP contribution in [0.3, 0.4) is 0 Å². The maximum atomic E-state index is 11.1. The fraction of sp³-hybridized carbons (Fsp3) is 0.600. The molecule has 0 spiro atoms. The van der Waals surface area contributed by atoms with Gasteiger partial charge in [0, 0.05) is 23.7 Å². The van der Waals surface area contributed by atoms with E-state index in [0.29, 0.717) is 5.92 Å². The first kappa shape index (κ1) is 17.9. The van der Waals surface area contributed by atoms with Crippen molar-refractivity contribution in [1.82, 2.24) is 4.90 Å². The normalized spacial score (nSPS) is 19.6. The first-order chi connectivity index (χ1) is 9.50. The number of hydrogen-bond acceptors (Lipinski definition) is 4. The van der Waals surface area contributed by atoms with Crippen molar-refractivity contribution in [2.45, 2.75) is 38.8 Å². The molecule has 1 aromatic carbocycles. The highest BCUT2D eigenvalue weighted by Crippen LogP contribution is 2.32. The van der Waals surface area contributed by atoms with E-state index in [9.17, 15) is 10.1 Å². The average molecular weight is 314 g/mol. The number of nitrogens with zero attached hydrogens (tertiary/aromatic N) is 2. The van der Waals surface area contributed by atoms with Crippen molar-refractivity contribution < 1.29 is 4.92 Å². The smallest absolute Gasteiger partial charge is 0.274 e. The van der Waals surface area contributed by atoms with Crippen molar-refractivity contribution in [3.05, 3.63) is 39.9 Å². The number of nitro benzene ring substituents is 1. The molecule has 21 heavy (non-hydrogen) atoms.